The van der Waals surface area contributed by atoms with Crippen LogP contribution in [0.5, 0.6) is 0 Å². The van der Waals surface area contributed by atoms with Crippen molar-refractivity contribution in [2.45, 2.75) is 32.6 Å². The first-order valence-corrected chi connectivity index (χ1v) is 7.70. The summed E-state index contributed by atoms with van der Waals surface area (Å²) in [6, 6.07) is 8.90. The largest absolute Gasteiger partial charge is 0.317 e. The quantitative estimate of drug-likeness (QED) is 0.870. The van der Waals surface area contributed by atoms with E-state index in [2.05, 4.69) is 12.2 Å². The zero-order chi connectivity index (χ0) is 14.9. The highest BCUT2D eigenvalue weighted by atomic mass is 19.2. The minimum atomic E-state index is -0.405. The Morgan fingerprint density at radius 2 is 2.05 bits per heavy atom. The standard InChI is InChI=1S/C17H21FN2O/c1-2-7-17(8-10-19-11-9-17)16(21)15-12-13-5-3-4-6-14(13)20(15)18/h3-6,12,19H,2,7-11H2,1H3. The molecule has 3 nitrogen and oxygen atoms in total. The Hall–Kier alpha value is -1.68. The SMILES string of the molecule is CCCC1(C(=O)c2cc3ccccc3n2F)CCNCC1. The molecule has 1 fully saturated rings. The summed E-state index contributed by atoms with van der Waals surface area (Å²) in [5.74, 6) is -0.0375. The number of ketones is 1. The van der Waals surface area contributed by atoms with E-state index in [4.69, 9.17) is 0 Å². The molecule has 1 aliphatic heterocycles. The summed E-state index contributed by atoms with van der Waals surface area (Å²) in [6.07, 6.45) is 3.36. The number of nitrogens with one attached hydrogen (secondary N) is 1. The second-order valence-electron chi connectivity index (χ2n) is 5.98. The number of rotatable bonds is 4. The first kappa shape index (κ1) is 14.3. The van der Waals surface area contributed by atoms with Gasteiger partial charge in [-0.05, 0) is 44.5 Å². The molecule has 0 amide bonds. The molecule has 1 aromatic carbocycles. The van der Waals surface area contributed by atoms with E-state index in [1.165, 1.54) is 0 Å². The number of hydrogen-bond donors (Lipinski definition) is 1. The normalized spacial score (nSPS) is 18.0. The Morgan fingerprint density at radius 3 is 2.71 bits per heavy atom. The summed E-state index contributed by atoms with van der Waals surface area (Å²) < 4.78 is 14.5. The van der Waals surface area contributed by atoms with E-state index >= 15 is 0 Å². The van der Waals surface area contributed by atoms with Crippen molar-refractivity contribution < 1.29 is 9.28 Å². The molecule has 0 atom stereocenters. The number of carbonyl (C=O) groups excluding carboxylic acids is 1. The third-order valence-corrected chi connectivity index (χ3v) is 4.66. The van der Waals surface area contributed by atoms with Gasteiger partial charge in [-0.3, -0.25) is 4.79 Å². The number of aromatic nitrogens is 1. The summed E-state index contributed by atoms with van der Waals surface area (Å²) >= 11 is 0. The number of carbonyl (C=O) groups is 1. The molecule has 1 N–H and O–H groups in total. The molecule has 1 aliphatic rings. The third-order valence-electron chi connectivity index (χ3n) is 4.66. The van der Waals surface area contributed by atoms with Crippen LogP contribution in [0.15, 0.2) is 30.3 Å². The molecule has 0 saturated carbocycles. The van der Waals surface area contributed by atoms with Gasteiger partial charge in [-0.15, -0.1) is 0 Å². The third kappa shape index (κ3) is 2.38. The van der Waals surface area contributed by atoms with Crippen molar-refractivity contribution in [3.63, 3.8) is 0 Å². The molecular weight excluding hydrogens is 267 g/mol. The molecule has 0 bridgehead atoms. The number of benzene rings is 1. The number of piperidine rings is 1. The Balaban J connectivity index is 2.03. The average Bonchev–Trinajstić information content (AvgIpc) is 2.85. The molecule has 0 aliphatic carbocycles. The number of para-hydroxylation sites is 1. The molecule has 0 radical (unpaired) electrons. The highest BCUT2D eigenvalue weighted by Crippen LogP contribution is 2.38. The van der Waals surface area contributed by atoms with Crippen LogP contribution in [0.3, 0.4) is 0 Å². The Kier molecular flexibility index (Phi) is 3.81. The lowest BCUT2D eigenvalue weighted by Crippen LogP contribution is -2.42. The summed E-state index contributed by atoms with van der Waals surface area (Å²) in [6.45, 7) is 3.75. The molecule has 3 rings (SSSR count). The van der Waals surface area contributed by atoms with Gasteiger partial charge in [0.25, 0.3) is 0 Å². The Labute approximate surface area is 124 Å². The van der Waals surface area contributed by atoms with Crippen LogP contribution in [0.4, 0.5) is 4.48 Å². The van der Waals surface area contributed by atoms with Gasteiger partial charge < -0.3 is 5.32 Å². The number of Topliss-reactive ketones (excluding diaryl/α,β-unsaturated/α-hetero) is 1. The van der Waals surface area contributed by atoms with E-state index in [-0.39, 0.29) is 11.5 Å². The number of fused-ring (bicyclic) bond motifs is 1. The van der Waals surface area contributed by atoms with Crippen molar-refractivity contribution in [3.8, 4) is 0 Å². The summed E-state index contributed by atoms with van der Waals surface area (Å²) in [5, 5.41) is 4.07. The van der Waals surface area contributed by atoms with Crippen LogP contribution in [-0.4, -0.2) is 23.7 Å². The summed E-state index contributed by atoms with van der Waals surface area (Å²) in [7, 11) is 0. The summed E-state index contributed by atoms with van der Waals surface area (Å²) in [4.78, 5) is 13.6. The van der Waals surface area contributed by atoms with E-state index in [1.807, 2.05) is 12.1 Å². The lowest BCUT2D eigenvalue weighted by atomic mass is 9.71. The minimum Gasteiger partial charge on any atom is -0.317 e. The summed E-state index contributed by atoms with van der Waals surface area (Å²) in [5.41, 5.74) is 0.270. The molecule has 4 heteroatoms. The highest BCUT2D eigenvalue weighted by Gasteiger charge is 2.40. The van der Waals surface area contributed by atoms with E-state index in [1.54, 1.807) is 18.2 Å². The van der Waals surface area contributed by atoms with Crippen molar-refractivity contribution in [3.05, 3.63) is 36.0 Å². The number of hydrogen-bond acceptors (Lipinski definition) is 2. The lowest BCUT2D eigenvalue weighted by molar-refractivity contribution is 0.0684. The predicted molar refractivity (Wildman–Crippen MR) is 82.2 cm³/mol. The van der Waals surface area contributed by atoms with Gasteiger partial charge in [0.2, 0.25) is 0 Å². The molecule has 21 heavy (non-hydrogen) atoms. The van der Waals surface area contributed by atoms with E-state index < -0.39 is 5.41 Å². The van der Waals surface area contributed by atoms with E-state index in [0.717, 1.165) is 44.2 Å². The van der Waals surface area contributed by atoms with Gasteiger partial charge in [0.15, 0.2) is 5.78 Å². The molecule has 2 heterocycles. The van der Waals surface area contributed by atoms with Gasteiger partial charge >= 0.3 is 0 Å². The zero-order valence-corrected chi connectivity index (χ0v) is 12.4. The first-order chi connectivity index (χ1) is 10.2. The molecule has 1 aromatic heterocycles. The highest BCUT2D eigenvalue weighted by molar-refractivity contribution is 6.03. The van der Waals surface area contributed by atoms with Crippen molar-refractivity contribution in [2.24, 2.45) is 5.41 Å². The van der Waals surface area contributed by atoms with Crippen LogP contribution in [0.2, 0.25) is 0 Å². The fraction of sp³-hybridized carbons (Fsp3) is 0.471. The van der Waals surface area contributed by atoms with Gasteiger partial charge in [-0.2, -0.15) is 4.79 Å². The van der Waals surface area contributed by atoms with Gasteiger partial charge in [-0.25, -0.2) is 0 Å². The molecule has 0 spiro atoms. The monoisotopic (exact) mass is 288 g/mol. The molecule has 0 unspecified atom stereocenters. The van der Waals surface area contributed by atoms with Gasteiger partial charge in [0.05, 0.1) is 5.52 Å². The predicted octanol–water partition coefficient (Wildman–Crippen LogP) is 3.73. The molecular formula is C17H21FN2O. The Bertz CT molecular complexity index is 650. The molecule has 112 valence electrons. The van der Waals surface area contributed by atoms with Gasteiger partial charge in [0, 0.05) is 10.8 Å². The zero-order valence-electron chi connectivity index (χ0n) is 12.4. The van der Waals surface area contributed by atoms with Crippen molar-refractivity contribution in [1.29, 1.82) is 0 Å². The maximum Gasteiger partial charge on any atom is 0.188 e. The molecule has 1 saturated heterocycles. The minimum absolute atomic E-state index is 0.0375. The fourth-order valence-corrected chi connectivity index (χ4v) is 3.52. The van der Waals surface area contributed by atoms with E-state index in [0.29, 0.717) is 10.3 Å². The van der Waals surface area contributed by atoms with Gasteiger partial charge in [-0.1, -0.05) is 36.0 Å². The topological polar surface area (TPSA) is 34.0 Å². The number of halogens is 1. The van der Waals surface area contributed by atoms with Crippen LogP contribution in [0, 0.1) is 5.41 Å². The van der Waals surface area contributed by atoms with Crippen molar-refractivity contribution >= 4 is 16.7 Å². The van der Waals surface area contributed by atoms with Crippen LogP contribution in [0.1, 0.15) is 43.1 Å². The van der Waals surface area contributed by atoms with Crippen LogP contribution in [0.25, 0.3) is 10.9 Å². The second kappa shape index (κ2) is 5.60. The number of nitrogens with zero attached hydrogens (tertiary/aromatic N) is 1. The van der Waals surface area contributed by atoms with Crippen LogP contribution in [-0.2, 0) is 0 Å². The fourth-order valence-electron chi connectivity index (χ4n) is 3.52. The lowest BCUT2D eigenvalue weighted by Gasteiger charge is -2.35. The average molecular weight is 288 g/mol. The first-order valence-electron chi connectivity index (χ1n) is 7.70. The van der Waals surface area contributed by atoms with E-state index in [9.17, 15) is 9.28 Å². The maximum absolute atomic E-state index is 14.5. The smallest absolute Gasteiger partial charge is 0.188 e. The van der Waals surface area contributed by atoms with Crippen LogP contribution < -0.4 is 5.32 Å². The maximum atomic E-state index is 14.5. The van der Waals surface area contributed by atoms with Crippen molar-refractivity contribution in [1.82, 2.24) is 10.1 Å². The second-order valence-corrected chi connectivity index (χ2v) is 5.98. The van der Waals surface area contributed by atoms with Crippen LogP contribution >= 0.6 is 0 Å². The van der Waals surface area contributed by atoms with Gasteiger partial charge in [0.1, 0.15) is 5.69 Å². The Morgan fingerprint density at radius 1 is 1.33 bits per heavy atom. The molecule has 2 aromatic rings. The van der Waals surface area contributed by atoms with Crippen molar-refractivity contribution in [2.75, 3.05) is 13.1 Å².